The van der Waals surface area contributed by atoms with Crippen molar-refractivity contribution in [1.82, 2.24) is 14.5 Å². The van der Waals surface area contributed by atoms with Gasteiger partial charge in [-0.15, -0.1) is 0 Å². The Morgan fingerprint density at radius 3 is 2.46 bits per heavy atom. The molecule has 26 heavy (non-hydrogen) atoms. The molecule has 0 unspecified atom stereocenters. The molecule has 138 valence electrons. The Hall–Kier alpha value is -2.41. The molecule has 3 aromatic rings. The highest BCUT2D eigenvalue weighted by Gasteiger charge is 2.18. The number of hydrogen-bond acceptors (Lipinski definition) is 5. The number of benzene rings is 1. The van der Waals surface area contributed by atoms with Gasteiger partial charge in [0.1, 0.15) is 11.3 Å². The third-order valence-electron chi connectivity index (χ3n) is 4.69. The monoisotopic (exact) mass is 372 g/mol. The molecule has 1 aromatic carbocycles. The molecule has 0 aliphatic rings. The fourth-order valence-corrected chi connectivity index (χ4v) is 4.53. The van der Waals surface area contributed by atoms with Crippen LogP contribution < -0.4 is 5.73 Å². The lowest BCUT2D eigenvalue weighted by Crippen LogP contribution is -2.12. The Kier molecular flexibility index (Phi) is 5.00. The van der Waals surface area contributed by atoms with Crippen molar-refractivity contribution in [3.8, 4) is 0 Å². The first-order valence-corrected chi connectivity index (χ1v) is 10.4. The van der Waals surface area contributed by atoms with Crippen molar-refractivity contribution in [3.05, 3.63) is 47.4 Å². The molecule has 6 nitrogen and oxygen atoms in total. The number of anilines is 1. The SMILES string of the molecule is CCc1nc2c(N)nc(C)c(C)c2n1CCCS(=O)(=O)c1ccccc1. The third-order valence-corrected chi connectivity index (χ3v) is 6.51. The molecule has 0 atom stereocenters. The maximum atomic E-state index is 12.5. The van der Waals surface area contributed by atoms with Gasteiger partial charge >= 0.3 is 0 Å². The van der Waals surface area contributed by atoms with Crippen LogP contribution >= 0.6 is 0 Å². The van der Waals surface area contributed by atoms with Crippen molar-refractivity contribution in [1.29, 1.82) is 0 Å². The molecule has 0 amide bonds. The van der Waals surface area contributed by atoms with Crippen LogP contribution in [0.25, 0.3) is 11.0 Å². The summed E-state index contributed by atoms with van der Waals surface area (Å²) in [6.45, 7) is 6.54. The summed E-state index contributed by atoms with van der Waals surface area (Å²) >= 11 is 0. The van der Waals surface area contributed by atoms with E-state index in [2.05, 4.69) is 14.5 Å². The van der Waals surface area contributed by atoms with E-state index in [1.54, 1.807) is 24.3 Å². The molecule has 0 aliphatic heterocycles. The molecule has 0 saturated heterocycles. The minimum Gasteiger partial charge on any atom is -0.382 e. The van der Waals surface area contributed by atoms with Crippen molar-refractivity contribution in [2.75, 3.05) is 11.5 Å². The number of aryl methyl sites for hydroxylation is 4. The van der Waals surface area contributed by atoms with E-state index < -0.39 is 9.84 Å². The normalized spacial score (nSPS) is 12.0. The van der Waals surface area contributed by atoms with E-state index >= 15 is 0 Å². The number of hydrogen-bond donors (Lipinski definition) is 1. The summed E-state index contributed by atoms with van der Waals surface area (Å²) in [5, 5.41) is 0. The zero-order valence-electron chi connectivity index (χ0n) is 15.4. The Bertz CT molecular complexity index is 1040. The Balaban J connectivity index is 1.90. The number of aromatic nitrogens is 3. The molecule has 0 saturated carbocycles. The lowest BCUT2D eigenvalue weighted by molar-refractivity contribution is 0.585. The average Bonchev–Trinajstić information content (AvgIpc) is 3.00. The van der Waals surface area contributed by atoms with Crippen LogP contribution in [0.3, 0.4) is 0 Å². The lowest BCUT2D eigenvalue weighted by atomic mass is 10.2. The minimum atomic E-state index is -3.28. The fourth-order valence-electron chi connectivity index (χ4n) is 3.22. The Morgan fingerprint density at radius 1 is 1.12 bits per heavy atom. The second kappa shape index (κ2) is 7.07. The first-order chi connectivity index (χ1) is 12.3. The second-order valence-corrected chi connectivity index (χ2v) is 8.53. The van der Waals surface area contributed by atoms with E-state index in [-0.39, 0.29) is 5.75 Å². The number of fused-ring (bicyclic) bond motifs is 1. The van der Waals surface area contributed by atoms with Crippen molar-refractivity contribution in [3.63, 3.8) is 0 Å². The topological polar surface area (TPSA) is 90.9 Å². The number of pyridine rings is 1. The van der Waals surface area contributed by atoms with Crippen molar-refractivity contribution in [2.45, 2.75) is 45.1 Å². The Labute approximate surface area is 154 Å². The molecule has 7 heteroatoms. The van der Waals surface area contributed by atoms with Gasteiger partial charge in [-0.2, -0.15) is 0 Å². The average molecular weight is 372 g/mol. The Morgan fingerprint density at radius 2 is 1.81 bits per heavy atom. The van der Waals surface area contributed by atoms with Gasteiger partial charge in [0.25, 0.3) is 0 Å². The maximum Gasteiger partial charge on any atom is 0.178 e. The van der Waals surface area contributed by atoms with E-state index in [4.69, 9.17) is 5.73 Å². The van der Waals surface area contributed by atoms with Gasteiger partial charge in [0.05, 0.1) is 16.2 Å². The van der Waals surface area contributed by atoms with Crippen molar-refractivity contribution < 1.29 is 8.42 Å². The van der Waals surface area contributed by atoms with Gasteiger partial charge in [-0.1, -0.05) is 25.1 Å². The highest BCUT2D eigenvalue weighted by atomic mass is 32.2. The zero-order valence-corrected chi connectivity index (χ0v) is 16.2. The minimum absolute atomic E-state index is 0.0957. The zero-order chi connectivity index (χ0) is 18.9. The van der Waals surface area contributed by atoms with Crippen LogP contribution in [0, 0.1) is 13.8 Å². The smallest absolute Gasteiger partial charge is 0.178 e. The van der Waals surface area contributed by atoms with Gasteiger partial charge in [-0.05, 0) is 38.0 Å². The summed E-state index contributed by atoms with van der Waals surface area (Å²) in [4.78, 5) is 9.35. The highest BCUT2D eigenvalue weighted by Crippen LogP contribution is 2.26. The molecule has 2 aromatic heterocycles. The van der Waals surface area contributed by atoms with Crippen LogP contribution in [0.2, 0.25) is 0 Å². The predicted molar refractivity (Wildman–Crippen MR) is 104 cm³/mol. The number of imidazole rings is 1. The first kappa shape index (κ1) is 18.4. The van der Waals surface area contributed by atoms with E-state index in [0.29, 0.717) is 29.2 Å². The van der Waals surface area contributed by atoms with Gasteiger partial charge in [0.2, 0.25) is 0 Å². The van der Waals surface area contributed by atoms with Crippen LogP contribution in [-0.4, -0.2) is 28.7 Å². The summed E-state index contributed by atoms with van der Waals surface area (Å²) in [6.07, 6.45) is 1.26. The van der Waals surface area contributed by atoms with Crippen LogP contribution in [-0.2, 0) is 22.8 Å². The van der Waals surface area contributed by atoms with Gasteiger partial charge in [-0.25, -0.2) is 18.4 Å². The van der Waals surface area contributed by atoms with E-state index in [9.17, 15) is 8.42 Å². The first-order valence-electron chi connectivity index (χ1n) is 8.74. The molecular weight excluding hydrogens is 348 g/mol. The standard InChI is InChI=1S/C19H24N4O2S/c1-4-16-22-17-18(13(2)14(3)21-19(17)20)23(16)11-8-12-26(24,25)15-9-6-5-7-10-15/h5-7,9-10H,4,8,11-12H2,1-3H3,(H2,20,21). The second-order valence-electron chi connectivity index (χ2n) is 6.42. The number of sulfone groups is 1. The summed E-state index contributed by atoms with van der Waals surface area (Å²) < 4.78 is 27.1. The van der Waals surface area contributed by atoms with Gasteiger partial charge in [-0.3, -0.25) is 0 Å². The molecule has 2 heterocycles. The van der Waals surface area contributed by atoms with E-state index in [1.165, 1.54) is 0 Å². The molecule has 0 aliphatic carbocycles. The summed E-state index contributed by atoms with van der Waals surface area (Å²) in [7, 11) is -3.28. The summed E-state index contributed by atoms with van der Waals surface area (Å²) in [6, 6.07) is 8.58. The quantitative estimate of drug-likeness (QED) is 0.718. The largest absolute Gasteiger partial charge is 0.382 e. The molecular formula is C19H24N4O2S. The fraction of sp³-hybridized carbons (Fsp3) is 0.368. The number of nitrogen functional groups attached to an aromatic ring is 1. The van der Waals surface area contributed by atoms with E-state index in [0.717, 1.165) is 29.0 Å². The molecule has 0 bridgehead atoms. The molecule has 0 radical (unpaired) electrons. The summed E-state index contributed by atoms with van der Waals surface area (Å²) in [5.41, 5.74) is 9.63. The van der Waals surface area contributed by atoms with Gasteiger partial charge < -0.3 is 10.3 Å². The molecule has 0 spiro atoms. The van der Waals surface area contributed by atoms with Crippen LogP contribution in [0.4, 0.5) is 5.82 Å². The van der Waals surface area contributed by atoms with Crippen LogP contribution in [0.5, 0.6) is 0 Å². The van der Waals surface area contributed by atoms with Crippen molar-refractivity contribution >= 4 is 26.7 Å². The predicted octanol–water partition coefficient (Wildman–Crippen LogP) is 3.06. The molecule has 0 fully saturated rings. The number of nitrogens with two attached hydrogens (primary N) is 1. The van der Waals surface area contributed by atoms with Crippen LogP contribution in [0.1, 0.15) is 30.4 Å². The lowest BCUT2D eigenvalue weighted by Gasteiger charge is -2.11. The maximum absolute atomic E-state index is 12.5. The number of nitrogens with zero attached hydrogens (tertiary/aromatic N) is 3. The molecule has 2 N–H and O–H groups in total. The molecule has 3 rings (SSSR count). The van der Waals surface area contributed by atoms with Gasteiger partial charge in [0, 0.05) is 18.7 Å². The van der Waals surface area contributed by atoms with E-state index in [1.807, 2.05) is 26.8 Å². The summed E-state index contributed by atoms with van der Waals surface area (Å²) in [5.74, 6) is 1.42. The third kappa shape index (κ3) is 3.31. The number of rotatable bonds is 6. The highest BCUT2D eigenvalue weighted by molar-refractivity contribution is 7.91. The van der Waals surface area contributed by atoms with Crippen LogP contribution in [0.15, 0.2) is 35.2 Å². The van der Waals surface area contributed by atoms with Gasteiger partial charge in [0.15, 0.2) is 15.7 Å². The van der Waals surface area contributed by atoms with Crippen molar-refractivity contribution in [2.24, 2.45) is 0 Å².